The fraction of sp³-hybridized carbons (Fsp3) is 0.439. The Balaban J connectivity index is 1.26. The molecule has 0 bridgehead atoms. The molecule has 1 unspecified atom stereocenters. The topological polar surface area (TPSA) is 212 Å². The van der Waals surface area contributed by atoms with E-state index in [1.807, 2.05) is 78.9 Å². The third-order valence-corrected chi connectivity index (χ3v) is 9.25. The van der Waals surface area contributed by atoms with E-state index in [1.54, 1.807) is 19.1 Å². The molecule has 0 saturated carbocycles. The van der Waals surface area contributed by atoms with E-state index in [1.165, 1.54) is 13.8 Å². The van der Waals surface area contributed by atoms with Crippen LogP contribution in [0.2, 0.25) is 0 Å². The van der Waals surface area contributed by atoms with Gasteiger partial charge in [0.2, 0.25) is 17.7 Å². The average molecular weight is 791 g/mol. The molecule has 3 aromatic carbocycles. The number of ether oxygens (including phenoxy) is 7. The SMILES string of the molecule is CCOC(=O)N[C@H]1[C@@H](OCc2ccccc2)O[C@@H]2COC(c3ccccc3)O[C@H]2[C@@H]1O[C@H](C)C(=O)N[C@@H](C)C(=O)N[C@H](CCC(=O)OCc1ccccc1)C(N)=O. The summed E-state index contributed by atoms with van der Waals surface area (Å²) in [5.74, 6) is -2.85. The zero-order valence-electron chi connectivity index (χ0n) is 32.1. The van der Waals surface area contributed by atoms with Crippen LogP contribution in [0.25, 0.3) is 0 Å². The first-order valence-electron chi connectivity index (χ1n) is 18.8. The van der Waals surface area contributed by atoms with Gasteiger partial charge in [-0.05, 0) is 38.3 Å². The molecule has 0 aliphatic carbocycles. The molecule has 0 radical (unpaired) electrons. The van der Waals surface area contributed by atoms with Gasteiger partial charge in [-0.2, -0.15) is 0 Å². The lowest BCUT2D eigenvalue weighted by Gasteiger charge is -2.49. The molecule has 5 N–H and O–H groups in total. The Kier molecular flexibility index (Phi) is 15.9. The lowest BCUT2D eigenvalue weighted by Crippen LogP contribution is -2.68. The molecular weight excluding hydrogens is 740 g/mol. The van der Waals surface area contributed by atoms with E-state index in [2.05, 4.69) is 16.0 Å². The van der Waals surface area contributed by atoms with Crippen molar-refractivity contribution >= 4 is 29.8 Å². The highest BCUT2D eigenvalue weighted by atomic mass is 16.8. The number of carbonyl (C=O) groups is 5. The summed E-state index contributed by atoms with van der Waals surface area (Å²) in [5, 5.41) is 7.88. The predicted octanol–water partition coefficient (Wildman–Crippen LogP) is 2.93. The summed E-state index contributed by atoms with van der Waals surface area (Å²) < 4.78 is 41.9. The van der Waals surface area contributed by atoms with Gasteiger partial charge in [0.05, 0.1) is 19.8 Å². The number of rotatable bonds is 18. The third-order valence-electron chi connectivity index (χ3n) is 9.25. The second-order valence-electron chi connectivity index (χ2n) is 13.5. The first-order valence-corrected chi connectivity index (χ1v) is 18.8. The minimum absolute atomic E-state index is 0.0559. The molecule has 2 aliphatic heterocycles. The van der Waals surface area contributed by atoms with Crippen LogP contribution in [-0.2, 0) is 65.5 Å². The number of fused-ring (bicyclic) bond motifs is 1. The second kappa shape index (κ2) is 21.2. The van der Waals surface area contributed by atoms with Crippen LogP contribution < -0.4 is 21.7 Å². The number of alkyl carbamates (subject to hydrolysis) is 1. The Morgan fingerprint density at radius 3 is 2.07 bits per heavy atom. The molecule has 9 atom stereocenters. The molecule has 5 rings (SSSR count). The van der Waals surface area contributed by atoms with Crippen LogP contribution in [0.1, 0.15) is 56.6 Å². The fourth-order valence-electron chi connectivity index (χ4n) is 6.22. The molecule has 16 heteroatoms. The third kappa shape index (κ3) is 12.6. The summed E-state index contributed by atoms with van der Waals surface area (Å²) in [7, 11) is 0. The number of amides is 4. The van der Waals surface area contributed by atoms with Crippen LogP contribution in [0.4, 0.5) is 4.79 Å². The Hall–Kier alpha value is -5.39. The van der Waals surface area contributed by atoms with Crippen molar-refractivity contribution in [1.82, 2.24) is 16.0 Å². The van der Waals surface area contributed by atoms with Crippen molar-refractivity contribution in [2.75, 3.05) is 13.2 Å². The smallest absolute Gasteiger partial charge is 0.407 e. The lowest BCUT2D eigenvalue weighted by molar-refractivity contribution is -0.351. The fourth-order valence-corrected chi connectivity index (χ4v) is 6.22. The molecule has 2 heterocycles. The molecule has 2 saturated heterocycles. The summed E-state index contributed by atoms with van der Waals surface area (Å²) in [6, 6.07) is 24.2. The van der Waals surface area contributed by atoms with E-state index in [4.69, 9.17) is 38.9 Å². The van der Waals surface area contributed by atoms with E-state index >= 15 is 0 Å². The van der Waals surface area contributed by atoms with Crippen molar-refractivity contribution in [3.63, 3.8) is 0 Å². The first kappa shape index (κ1) is 42.7. The van der Waals surface area contributed by atoms with Gasteiger partial charge in [0.25, 0.3) is 0 Å². The highest BCUT2D eigenvalue weighted by Gasteiger charge is 2.52. The predicted molar refractivity (Wildman–Crippen MR) is 202 cm³/mol. The van der Waals surface area contributed by atoms with Crippen LogP contribution in [0.5, 0.6) is 0 Å². The number of benzene rings is 3. The molecule has 0 aromatic heterocycles. The van der Waals surface area contributed by atoms with Gasteiger partial charge >= 0.3 is 12.1 Å². The van der Waals surface area contributed by atoms with Crippen molar-refractivity contribution in [3.8, 4) is 0 Å². The largest absolute Gasteiger partial charge is 0.461 e. The monoisotopic (exact) mass is 790 g/mol. The van der Waals surface area contributed by atoms with Crippen molar-refractivity contribution < 1.29 is 57.1 Å². The van der Waals surface area contributed by atoms with E-state index in [-0.39, 0.29) is 39.3 Å². The molecule has 306 valence electrons. The van der Waals surface area contributed by atoms with Gasteiger partial charge in [0.1, 0.15) is 49.1 Å². The first-order chi connectivity index (χ1) is 27.5. The maximum Gasteiger partial charge on any atom is 0.407 e. The highest BCUT2D eigenvalue weighted by molar-refractivity contribution is 5.92. The molecular formula is C41H50N4O12. The van der Waals surface area contributed by atoms with Gasteiger partial charge in [0, 0.05) is 12.0 Å². The molecule has 57 heavy (non-hydrogen) atoms. The number of carbonyl (C=O) groups excluding carboxylic acids is 5. The quantitative estimate of drug-likeness (QED) is 0.137. The summed E-state index contributed by atoms with van der Waals surface area (Å²) in [4.78, 5) is 64.3. The number of primary amides is 1. The normalized spacial score (nSPS) is 23.1. The average Bonchev–Trinajstić information content (AvgIpc) is 3.22. The molecule has 0 spiro atoms. The number of hydrogen-bond acceptors (Lipinski definition) is 12. The summed E-state index contributed by atoms with van der Waals surface area (Å²) in [5.41, 5.74) is 7.90. The van der Waals surface area contributed by atoms with Gasteiger partial charge in [0.15, 0.2) is 12.6 Å². The van der Waals surface area contributed by atoms with E-state index in [9.17, 15) is 24.0 Å². The van der Waals surface area contributed by atoms with Crippen molar-refractivity contribution in [2.24, 2.45) is 5.73 Å². The molecule has 3 aromatic rings. The maximum absolute atomic E-state index is 13.6. The van der Waals surface area contributed by atoms with Crippen LogP contribution in [0, 0.1) is 0 Å². The van der Waals surface area contributed by atoms with E-state index < -0.39 is 84.9 Å². The summed E-state index contributed by atoms with van der Waals surface area (Å²) in [6.07, 6.45) is -6.88. The number of nitrogens with one attached hydrogen (secondary N) is 3. The highest BCUT2D eigenvalue weighted by Crippen LogP contribution is 2.36. The molecule has 4 amide bonds. The Bertz CT molecular complexity index is 1770. The summed E-state index contributed by atoms with van der Waals surface area (Å²) >= 11 is 0. The van der Waals surface area contributed by atoms with Crippen molar-refractivity contribution in [3.05, 3.63) is 108 Å². The van der Waals surface area contributed by atoms with Crippen LogP contribution in [0.3, 0.4) is 0 Å². The second-order valence-corrected chi connectivity index (χ2v) is 13.5. The van der Waals surface area contributed by atoms with Gasteiger partial charge in [-0.3, -0.25) is 19.2 Å². The Morgan fingerprint density at radius 1 is 0.807 bits per heavy atom. The van der Waals surface area contributed by atoms with Crippen LogP contribution in [0.15, 0.2) is 91.0 Å². The Labute approximate surface area is 331 Å². The maximum atomic E-state index is 13.6. The standard InChI is InChI=1S/C41H50N4O12/c1-4-51-41(50)45-33-35(34-31(24-54-39(57-34)29-18-12-7-13-19-29)56-40(33)53-23-28-16-10-6-11-17-28)55-26(3)38(49)43-25(2)37(48)44-30(36(42)47)20-21-32(46)52-22-27-14-8-5-9-15-27/h5-19,25-26,30-31,33-35,39-40H,4,20-24H2,1-3H3,(H2,42,47)(H,43,49)(H,44,48)(H,45,50)/t25-,26+,30+,31+,33+,34+,35+,39?,40-/m0/s1. The van der Waals surface area contributed by atoms with Gasteiger partial charge in [-0.25, -0.2) is 4.79 Å². The van der Waals surface area contributed by atoms with Crippen molar-refractivity contribution in [2.45, 2.75) is 102 Å². The molecule has 2 aliphatic rings. The van der Waals surface area contributed by atoms with Gasteiger partial charge < -0.3 is 54.8 Å². The molecule has 16 nitrogen and oxygen atoms in total. The lowest BCUT2D eigenvalue weighted by atomic mass is 9.95. The number of esters is 1. The minimum atomic E-state index is -1.22. The zero-order valence-corrected chi connectivity index (χ0v) is 32.1. The summed E-state index contributed by atoms with van der Waals surface area (Å²) in [6.45, 7) is 4.89. The Morgan fingerprint density at radius 2 is 1.44 bits per heavy atom. The molecule has 2 fully saturated rings. The minimum Gasteiger partial charge on any atom is -0.461 e. The van der Waals surface area contributed by atoms with E-state index in [0.29, 0.717) is 0 Å². The number of hydrogen-bond donors (Lipinski definition) is 4. The zero-order chi connectivity index (χ0) is 40.7. The van der Waals surface area contributed by atoms with E-state index in [0.717, 1.165) is 16.7 Å². The van der Waals surface area contributed by atoms with Crippen LogP contribution in [-0.4, -0.2) is 91.8 Å². The van der Waals surface area contributed by atoms with Gasteiger partial charge in [-0.1, -0.05) is 91.0 Å². The number of nitrogens with two attached hydrogens (primary N) is 1. The van der Waals surface area contributed by atoms with Crippen LogP contribution >= 0.6 is 0 Å². The van der Waals surface area contributed by atoms with Gasteiger partial charge in [-0.15, -0.1) is 0 Å². The van der Waals surface area contributed by atoms with Crippen molar-refractivity contribution in [1.29, 1.82) is 0 Å².